The van der Waals surface area contributed by atoms with E-state index in [1.54, 1.807) is 18.2 Å². The number of fused-ring (bicyclic) bond motifs is 1. The van der Waals surface area contributed by atoms with E-state index < -0.39 is 0 Å². The first-order valence-corrected chi connectivity index (χ1v) is 6.74. The second-order valence-electron chi connectivity index (χ2n) is 4.72. The number of aromatic nitrogens is 2. The number of phenols is 1. The first kappa shape index (κ1) is 13.2. The fraction of sp³-hybridized carbons (Fsp3) is 0.125. The molecule has 3 rings (SSSR count). The lowest BCUT2D eigenvalue weighted by Crippen LogP contribution is -2.25. The number of aromatic amines is 1. The van der Waals surface area contributed by atoms with Gasteiger partial charge in [0, 0.05) is 13.0 Å². The lowest BCUT2D eigenvalue weighted by atomic mass is 10.2. The molecular formula is C16H15N3O2. The van der Waals surface area contributed by atoms with Crippen LogP contribution < -0.4 is 5.32 Å². The SMILES string of the molecule is O=C(NCCc1nc2ccccc2[nH]1)c1ccccc1O. The summed E-state index contributed by atoms with van der Waals surface area (Å²) in [5, 5.41) is 12.4. The first-order chi connectivity index (χ1) is 10.2. The zero-order valence-electron chi connectivity index (χ0n) is 11.3. The van der Waals surface area contributed by atoms with E-state index in [9.17, 15) is 9.90 Å². The minimum Gasteiger partial charge on any atom is -0.507 e. The third-order valence-corrected chi connectivity index (χ3v) is 3.23. The van der Waals surface area contributed by atoms with Gasteiger partial charge in [-0.3, -0.25) is 4.79 Å². The second-order valence-corrected chi connectivity index (χ2v) is 4.72. The normalized spacial score (nSPS) is 10.7. The standard InChI is InChI=1S/C16H15N3O2/c20-14-8-4-1-5-11(14)16(21)17-10-9-15-18-12-6-2-3-7-13(12)19-15/h1-8,20H,9-10H2,(H,17,21)(H,18,19). The summed E-state index contributed by atoms with van der Waals surface area (Å²) in [5.74, 6) is 0.525. The van der Waals surface area contributed by atoms with Gasteiger partial charge in [0.2, 0.25) is 0 Å². The van der Waals surface area contributed by atoms with Gasteiger partial charge in [0.15, 0.2) is 0 Å². The van der Waals surface area contributed by atoms with Gasteiger partial charge in [0.1, 0.15) is 11.6 Å². The fourth-order valence-electron chi connectivity index (χ4n) is 2.18. The molecule has 0 aliphatic carbocycles. The number of phenolic OH excluding ortho intramolecular Hbond substituents is 1. The Kier molecular flexibility index (Phi) is 3.55. The van der Waals surface area contributed by atoms with E-state index in [0.29, 0.717) is 13.0 Å². The van der Waals surface area contributed by atoms with Gasteiger partial charge < -0.3 is 15.4 Å². The Morgan fingerprint density at radius 3 is 2.71 bits per heavy atom. The summed E-state index contributed by atoms with van der Waals surface area (Å²) in [7, 11) is 0. The van der Waals surface area contributed by atoms with Crippen LogP contribution in [0, 0.1) is 0 Å². The van der Waals surface area contributed by atoms with Gasteiger partial charge >= 0.3 is 0 Å². The number of para-hydroxylation sites is 3. The third-order valence-electron chi connectivity index (χ3n) is 3.23. The van der Waals surface area contributed by atoms with Crippen molar-refractivity contribution < 1.29 is 9.90 Å². The first-order valence-electron chi connectivity index (χ1n) is 6.74. The number of imidazole rings is 1. The average Bonchev–Trinajstić information content (AvgIpc) is 2.90. The number of nitrogens with zero attached hydrogens (tertiary/aromatic N) is 1. The molecule has 0 spiro atoms. The van der Waals surface area contributed by atoms with Crippen molar-refractivity contribution in [1.29, 1.82) is 0 Å². The number of hydrogen-bond donors (Lipinski definition) is 3. The number of nitrogens with one attached hydrogen (secondary N) is 2. The summed E-state index contributed by atoms with van der Waals surface area (Å²) < 4.78 is 0. The molecule has 106 valence electrons. The van der Waals surface area contributed by atoms with Gasteiger partial charge in [-0.15, -0.1) is 0 Å². The van der Waals surface area contributed by atoms with E-state index in [4.69, 9.17) is 0 Å². The lowest BCUT2D eigenvalue weighted by Gasteiger charge is -2.05. The Balaban J connectivity index is 1.61. The smallest absolute Gasteiger partial charge is 0.255 e. The fourth-order valence-corrected chi connectivity index (χ4v) is 2.18. The predicted molar refractivity (Wildman–Crippen MR) is 80.2 cm³/mol. The zero-order chi connectivity index (χ0) is 14.7. The van der Waals surface area contributed by atoms with Crippen LogP contribution in [0.25, 0.3) is 11.0 Å². The molecule has 0 bridgehead atoms. The third kappa shape index (κ3) is 2.86. The maximum Gasteiger partial charge on any atom is 0.255 e. The molecule has 2 aromatic carbocycles. The van der Waals surface area contributed by atoms with Crippen molar-refractivity contribution in [1.82, 2.24) is 15.3 Å². The van der Waals surface area contributed by atoms with Crippen LogP contribution in [0.5, 0.6) is 5.75 Å². The Bertz CT molecular complexity index is 747. The molecule has 5 nitrogen and oxygen atoms in total. The summed E-state index contributed by atoms with van der Waals surface area (Å²) in [6.07, 6.45) is 0.605. The van der Waals surface area contributed by atoms with Crippen LogP contribution in [-0.4, -0.2) is 27.5 Å². The number of hydrogen-bond acceptors (Lipinski definition) is 3. The highest BCUT2D eigenvalue weighted by molar-refractivity contribution is 5.96. The summed E-state index contributed by atoms with van der Waals surface area (Å²) in [4.78, 5) is 19.6. The molecular weight excluding hydrogens is 266 g/mol. The number of rotatable bonds is 4. The molecule has 0 fully saturated rings. The number of amides is 1. The van der Waals surface area contributed by atoms with Crippen LogP contribution >= 0.6 is 0 Å². The van der Waals surface area contributed by atoms with E-state index in [1.807, 2.05) is 24.3 Å². The van der Waals surface area contributed by atoms with E-state index >= 15 is 0 Å². The van der Waals surface area contributed by atoms with Crippen LogP contribution in [0.2, 0.25) is 0 Å². The second kappa shape index (κ2) is 5.66. The molecule has 3 N–H and O–H groups in total. The van der Waals surface area contributed by atoms with Gasteiger partial charge in [-0.2, -0.15) is 0 Å². The van der Waals surface area contributed by atoms with Crippen molar-refractivity contribution in [2.24, 2.45) is 0 Å². The van der Waals surface area contributed by atoms with Crippen LogP contribution in [0.1, 0.15) is 16.2 Å². The highest BCUT2D eigenvalue weighted by Gasteiger charge is 2.09. The number of carbonyl (C=O) groups is 1. The topological polar surface area (TPSA) is 78.0 Å². The largest absolute Gasteiger partial charge is 0.507 e. The van der Waals surface area contributed by atoms with Gasteiger partial charge in [-0.1, -0.05) is 24.3 Å². The predicted octanol–water partition coefficient (Wildman–Crippen LogP) is 2.24. The Morgan fingerprint density at radius 1 is 1.14 bits per heavy atom. The molecule has 0 unspecified atom stereocenters. The summed E-state index contributed by atoms with van der Waals surface area (Å²) in [6, 6.07) is 14.3. The van der Waals surface area contributed by atoms with E-state index in [0.717, 1.165) is 16.9 Å². The van der Waals surface area contributed by atoms with Gasteiger partial charge in [0.05, 0.1) is 16.6 Å². The highest BCUT2D eigenvalue weighted by Crippen LogP contribution is 2.15. The van der Waals surface area contributed by atoms with E-state index in [2.05, 4.69) is 15.3 Å². The van der Waals surface area contributed by atoms with Crippen molar-refractivity contribution >= 4 is 16.9 Å². The lowest BCUT2D eigenvalue weighted by molar-refractivity contribution is 0.0951. The molecule has 5 heteroatoms. The Hall–Kier alpha value is -2.82. The van der Waals surface area contributed by atoms with Crippen molar-refractivity contribution in [3.05, 3.63) is 59.9 Å². The molecule has 0 saturated heterocycles. The van der Waals surface area contributed by atoms with Gasteiger partial charge in [-0.05, 0) is 24.3 Å². The van der Waals surface area contributed by atoms with Crippen LogP contribution in [0.4, 0.5) is 0 Å². The maximum atomic E-state index is 11.9. The van der Waals surface area contributed by atoms with Crippen LogP contribution in [0.3, 0.4) is 0 Å². The summed E-state index contributed by atoms with van der Waals surface area (Å²) >= 11 is 0. The molecule has 1 heterocycles. The van der Waals surface area contributed by atoms with E-state index in [-0.39, 0.29) is 17.2 Å². The Morgan fingerprint density at radius 2 is 1.90 bits per heavy atom. The molecule has 21 heavy (non-hydrogen) atoms. The summed E-state index contributed by atoms with van der Waals surface area (Å²) in [5.41, 5.74) is 2.18. The Labute approximate surface area is 121 Å². The minimum absolute atomic E-state index is 0.0151. The van der Waals surface area contributed by atoms with Crippen molar-refractivity contribution in [2.45, 2.75) is 6.42 Å². The van der Waals surface area contributed by atoms with Gasteiger partial charge in [-0.25, -0.2) is 4.98 Å². The molecule has 1 aromatic heterocycles. The maximum absolute atomic E-state index is 11.9. The molecule has 1 amide bonds. The van der Waals surface area contributed by atoms with Gasteiger partial charge in [0.25, 0.3) is 5.91 Å². The highest BCUT2D eigenvalue weighted by atomic mass is 16.3. The number of H-pyrrole nitrogens is 1. The van der Waals surface area contributed by atoms with Crippen LogP contribution in [0.15, 0.2) is 48.5 Å². The van der Waals surface area contributed by atoms with Crippen molar-refractivity contribution in [3.8, 4) is 5.75 Å². The number of aromatic hydroxyl groups is 1. The molecule has 0 aliphatic heterocycles. The van der Waals surface area contributed by atoms with E-state index in [1.165, 1.54) is 6.07 Å². The molecule has 3 aromatic rings. The quantitative estimate of drug-likeness (QED) is 0.686. The average molecular weight is 281 g/mol. The number of benzene rings is 2. The molecule has 0 radical (unpaired) electrons. The summed E-state index contributed by atoms with van der Waals surface area (Å²) in [6.45, 7) is 0.451. The molecule has 0 atom stereocenters. The van der Waals surface area contributed by atoms with Crippen molar-refractivity contribution in [2.75, 3.05) is 6.54 Å². The molecule has 0 saturated carbocycles. The monoisotopic (exact) mass is 281 g/mol. The zero-order valence-corrected chi connectivity index (χ0v) is 11.3. The van der Waals surface area contributed by atoms with Crippen LogP contribution in [-0.2, 0) is 6.42 Å². The minimum atomic E-state index is -0.288. The van der Waals surface area contributed by atoms with Crippen molar-refractivity contribution in [3.63, 3.8) is 0 Å². The molecule has 0 aliphatic rings. The number of carbonyl (C=O) groups excluding carboxylic acids is 1.